The molecule has 22 heavy (non-hydrogen) atoms. The van der Waals surface area contributed by atoms with Crippen molar-refractivity contribution in [3.8, 4) is 0 Å². The van der Waals surface area contributed by atoms with Gasteiger partial charge in [0.1, 0.15) is 6.21 Å². The predicted octanol–water partition coefficient (Wildman–Crippen LogP) is 4.20. The Hall–Kier alpha value is -2.25. The second-order valence-corrected chi connectivity index (χ2v) is 5.20. The Morgan fingerprint density at radius 3 is 2.36 bits per heavy atom. The van der Waals surface area contributed by atoms with Gasteiger partial charge < -0.3 is 5.32 Å². The fraction of sp³-hybridized carbons (Fsp3) is 0. The normalized spacial score (nSPS) is 11.6. The van der Waals surface area contributed by atoms with Crippen molar-refractivity contribution in [2.75, 3.05) is 5.32 Å². The molecule has 7 heteroatoms. The monoisotopic (exact) mass is 331 g/mol. The maximum absolute atomic E-state index is 11.1. The highest BCUT2D eigenvalue weighted by Gasteiger charge is 2.08. The van der Waals surface area contributed by atoms with Crippen LogP contribution in [0.15, 0.2) is 75.2 Å². The lowest BCUT2D eigenvalue weighted by atomic mass is 10.3. The molecular weight excluding hydrogens is 318 g/mol. The third-order valence-electron chi connectivity index (χ3n) is 2.71. The number of anilines is 1. The van der Waals surface area contributed by atoms with E-state index in [9.17, 15) is 10.1 Å². The van der Waals surface area contributed by atoms with Crippen molar-refractivity contribution in [1.82, 2.24) is 0 Å². The molecule has 5 nitrogen and oxygen atoms in total. The Labute approximate surface area is 138 Å². The lowest BCUT2D eigenvalue weighted by Crippen LogP contribution is -2.03. The first-order chi connectivity index (χ1) is 10.6. The fourth-order valence-corrected chi connectivity index (χ4v) is 2.04. The molecule has 0 atom stereocenters. The summed E-state index contributed by atoms with van der Waals surface area (Å²) < 4.78 is 0. The number of allylic oxidation sites excluding steroid dienone is 1. The average Bonchev–Trinajstić information content (AvgIpc) is 2.50. The van der Waals surface area contributed by atoms with Gasteiger partial charge in [-0.2, -0.15) is 0 Å². The van der Waals surface area contributed by atoms with E-state index in [1.165, 1.54) is 12.4 Å². The molecule has 2 rings (SSSR count). The van der Waals surface area contributed by atoms with E-state index < -0.39 is 4.92 Å². The number of nitrogens with zero attached hydrogens (tertiary/aromatic N) is 2. The molecule has 0 heterocycles. The summed E-state index contributed by atoms with van der Waals surface area (Å²) in [6, 6.07) is 14.3. The molecule has 0 radical (unpaired) electrons. The molecule has 2 aromatic carbocycles. The summed E-state index contributed by atoms with van der Waals surface area (Å²) >= 11 is 8.52. The van der Waals surface area contributed by atoms with E-state index in [0.29, 0.717) is 21.2 Å². The highest BCUT2D eigenvalue weighted by atomic mass is 32.1. The van der Waals surface area contributed by atoms with Crippen molar-refractivity contribution in [3.63, 3.8) is 0 Å². The van der Waals surface area contributed by atoms with Crippen LogP contribution in [0.3, 0.4) is 0 Å². The largest absolute Gasteiger partial charge is 0.355 e. The van der Waals surface area contributed by atoms with Crippen molar-refractivity contribution in [3.05, 3.63) is 70.5 Å². The van der Waals surface area contributed by atoms with Crippen molar-refractivity contribution in [1.29, 1.82) is 0 Å². The second-order valence-electron chi connectivity index (χ2n) is 4.23. The SMILES string of the molecule is O=[N+]([O-])/C(C=Nc1ccccc1S)=C\Nc1ccccc1S. The van der Waals surface area contributed by atoms with Crippen LogP contribution < -0.4 is 5.32 Å². The summed E-state index contributed by atoms with van der Waals surface area (Å²) in [4.78, 5) is 16.0. The summed E-state index contributed by atoms with van der Waals surface area (Å²) in [5.74, 6) is 0. The van der Waals surface area contributed by atoms with Crippen molar-refractivity contribution < 1.29 is 4.92 Å². The van der Waals surface area contributed by atoms with E-state index in [4.69, 9.17) is 0 Å². The van der Waals surface area contributed by atoms with Crippen LogP contribution in [0.5, 0.6) is 0 Å². The molecule has 0 unspecified atom stereocenters. The highest BCUT2D eigenvalue weighted by molar-refractivity contribution is 7.80. The standard InChI is InChI=1S/C15H13N3O2S2/c19-18(20)11(9-16-12-5-1-3-7-14(12)21)10-17-13-6-2-4-8-15(13)22/h1-10,16,21-22H/b11-9-,17-10?. The van der Waals surface area contributed by atoms with Gasteiger partial charge in [0.25, 0.3) is 0 Å². The maximum atomic E-state index is 11.1. The molecule has 0 spiro atoms. The van der Waals surface area contributed by atoms with E-state index in [2.05, 4.69) is 35.6 Å². The van der Waals surface area contributed by atoms with Gasteiger partial charge in [0.15, 0.2) is 0 Å². The Bertz CT molecular complexity index is 745. The fourth-order valence-electron chi connectivity index (χ4n) is 1.59. The van der Waals surface area contributed by atoms with Gasteiger partial charge in [-0.05, 0) is 24.3 Å². The lowest BCUT2D eigenvalue weighted by Gasteiger charge is -2.03. The first-order valence-electron chi connectivity index (χ1n) is 6.29. The molecule has 1 N–H and O–H groups in total. The molecule has 0 saturated heterocycles. The molecule has 0 bridgehead atoms. The lowest BCUT2D eigenvalue weighted by molar-refractivity contribution is -0.414. The van der Waals surface area contributed by atoms with Gasteiger partial charge in [0.05, 0.1) is 22.5 Å². The van der Waals surface area contributed by atoms with E-state index in [-0.39, 0.29) is 5.70 Å². The summed E-state index contributed by atoms with van der Waals surface area (Å²) in [6.45, 7) is 0. The van der Waals surface area contributed by atoms with Crippen LogP contribution in [0.2, 0.25) is 0 Å². The number of para-hydroxylation sites is 2. The van der Waals surface area contributed by atoms with Gasteiger partial charge in [-0.25, -0.2) is 4.99 Å². The Balaban J connectivity index is 2.20. The topological polar surface area (TPSA) is 67.5 Å². The van der Waals surface area contributed by atoms with E-state index in [0.717, 1.165) is 0 Å². The molecule has 0 amide bonds. The number of nitro groups is 1. The van der Waals surface area contributed by atoms with Crippen LogP contribution in [0.25, 0.3) is 0 Å². The molecule has 0 fully saturated rings. The molecule has 0 aromatic heterocycles. The average molecular weight is 331 g/mol. The summed E-state index contributed by atoms with van der Waals surface area (Å²) in [7, 11) is 0. The number of hydrogen-bond acceptors (Lipinski definition) is 6. The molecule has 0 aliphatic rings. The highest BCUT2D eigenvalue weighted by Crippen LogP contribution is 2.22. The first kappa shape index (κ1) is 16.1. The number of thiol groups is 2. The van der Waals surface area contributed by atoms with Gasteiger partial charge in [-0.15, -0.1) is 25.3 Å². The quantitative estimate of drug-likeness (QED) is 0.333. The number of hydrogen-bond donors (Lipinski definition) is 3. The predicted molar refractivity (Wildman–Crippen MR) is 94.2 cm³/mol. The molecule has 112 valence electrons. The van der Waals surface area contributed by atoms with E-state index in [1.54, 1.807) is 30.3 Å². The van der Waals surface area contributed by atoms with Crippen LogP contribution >= 0.6 is 25.3 Å². The summed E-state index contributed by atoms with van der Waals surface area (Å²) in [5, 5.41) is 13.9. The first-order valence-corrected chi connectivity index (χ1v) is 7.18. The van der Waals surface area contributed by atoms with Gasteiger partial charge in [-0.1, -0.05) is 24.3 Å². The van der Waals surface area contributed by atoms with Crippen molar-refractivity contribution >= 4 is 42.8 Å². The van der Waals surface area contributed by atoms with Crippen LogP contribution in [0.1, 0.15) is 0 Å². The van der Waals surface area contributed by atoms with Crippen molar-refractivity contribution in [2.24, 2.45) is 4.99 Å². The Kier molecular flexibility index (Phi) is 5.62. The van der Waals surface area contributed by atoms with Gasteiger partial charge >= 0.3 is 5.70 Å². The van der Waals surface area contributed by atoms with Gasteiger partial charge in [0, 0.05) is 9.79 Å². The zero-order valence-electron chi connectivity index (χ0n) is 11.4. The molecule has 0 saturated carbocycles. The minimum atomic E-state index is -0.515. The van der Waals surface area contributed by atoms with Gasteiger partial charge in [-0.3, -0.25) is 10.1 Å². The zero-order chi connectivity index (χ0) is 15.9. The number of benzene rings is 2. The zero-order valence-corrected chi connectivity index (χ0v) is 13.2. The minimum Gasteiger partial charge on any atom is -0.355 e. The molecular formula is C15H13N3O2S2. The molecule has 2 aromatic rings. The minimum absolute atomic E-state index is 0.173. The van der Waals surface area contributed by atoms with E-state index in [1.807, 2.05) is 18.2 Å². The third-order valence-corrected chi connectivity index (χ3v) is 3.48. The molecule has 0 aliphatic carbocycles. The van der Waals surface area contributed by atoms with Crippen LogP contribution in [-0.2, 0) is 0 Å². The maximum Gasteiger partial charge on any atom is 0.303 e. The van der Waals surface area contributed by atoms with Crippen molar-refractivity contribution in [2.45, 2.75) is 9.79 Å². The second kappa shape index (κ2) is 7.67. The summed E-state index contributed by atoms with van der Waals surface area (Å²) in [5.41, 5.74) is 1.06. The molecule has 0 aliphatic heterocycles. The smallest absolute Gasteiger partial charge is 0.303 e. The Morgan fingerprint density at radius 2 is 1.73 bits per heavy atom. The van der Waals surface area contributed by atoms with Crippen LogP contribution in [0, 0.1) is 10.1 Å². The van der Waals surface area contributed by atoms with Crippen LogP contribution in [0.4, 0.5) is 11.4 Å². The third kappa shape index (κ3) is 4.37. The van der Waals surface area contributed by atoms with Gasteiger partial charge in [0.2, 0.25) is 0 Å². The van der Waals surface area contributed by atoms with Crippen LogP contribution in [-0.4, -0.2) is 11.1 Å². The number of rotatable bonds is 5. The number of nitrogens with one attached hydrogen (secondary N) is 1. The summed E-state index contributed by atoms with van der Waals surface area (Å²) in [6.07, 6.45) is 2.46. The number of aliphatic imine (C=N–C) groups is 1. The van der Waals surface area contributed by atoms with E-state index >= 15 is 0 Å². The Morgan fingerprint density at radius 1 is 1.09 bits per heavy atom.